The standard InChI is InChI=1S/C13H13NO6/c15-7-4-2-1-3-6(7)12(17)14-9-5-8(16)10-11(20-10)13(9,18)19/h1-5,8,10-11,15-16,18-19H,(H,14,17). The molecule has 1 fully saturated rings. The predicted octanol–water partition coefficient (Wildman–Crippen LogP) is -1.17. The van der Waals surface area contributed by atoms with Crippen molar-refractivity contribution in [1.29, 1.82) is 0 Å². The fourth-order valence-corrected chi connectivity index (χ4v) is 2.24. The molecule has 1 aromatic carbocycles. The second-order valence-corrected chi connectivity index (χ2v) is 4.79. The molecule has 3 rings (SSSR count). The van der Waals surface area contributed by atoms with Gasteiger partial charge in [-0.15, -0.1) is 0 Å². The summed E-state index contributed by atoms with van der Waals surface area (Å²) in [7, 11) is 0. The van der Waals surface area contributed by atoms with Crippen LogP contribution in [-0.4, -0.2) is 50.4 Å². The number of phenolic OH excluding ortho intramolecular Hbond substituents is 1. The Labute approximate surface area is 113 Å². The number of ether oxygens (including phenoxy) is 1. The molecule has 1 amide bonds. The van der Waals surface area contributed by atoms with Gasteiger partial charge in [0.2, 0.25) is 5.79 Å². The summed E-state index contributed by atoms with van der Waals surface area (Å²) in [6.07, 6.45) is -1.54. The van der Waals surface area contributed by atoms with Crippen molar-refractivity contribution in [2.24, 2.45) is 0 Å². The highest BCUT2D eigenvalue weighted by Gasteiger charge is 2.61. The van der Waals surface area contributed by atoms with Gasteiger partial charge < -0.3 is 30.5 Å². The number of aliphatic hydroxyl groups excluding tert-OH is 1. The van der Waals surface area contributed by atoms with Gasteiger partial charge in [0.1, 0.15) is 24.1 Å². The van der Waals surface area contributed by atoms with Gasteiger partial charge in [-0.25, -0.2) is 0 Å². The average Bonchev–Trinajstić information content (AvgIpc) is 3.18. The molecule has 20 heavy (non-hydrogen) atoms. The topological polar surface area (TPSA) is 123 Å². The molecule has 3 atom stereocenters. The second kappa shape index (κ2) is 4.29. The number of amides is 1. The highest BCUT2D eigenvalue weighted by atomic mass is 16.7. The quantitative estimate of drug-likeness (QED) is 0.343. The zero-order valence-corrected chi connectivity index (χ0v) is 10.2. The van der Waals surface area contributed by atoms with Crippen LogP contribution in [0.5, 0.6) is 5.75 Å². The van der Waals surface area contributed by atoms with Crippen LogP contribution in [0.3, 0.4) is 0 Å². The van der Waals surface area contributed by atoms with Crippen molar-refractivity contribution >= 4 is 5.91 Å². The molecular formula is C13H13NO6. The Morgan fingerprint density at radius 3 is 2.70 bits per heavy atom. The van der Waals surface area contributed by atoms with Crippen molar-refractivity contribution in [3.63, 3.8) is 0 Å². The van der Waals surface area contributed by atoms with Crippen molar-refractivity contribution in [1.82, 2.24) is 5.32 Å². The van der Waals surface area contributed by atoms with Crippen molar-refractivity contribution in [2.45, 2.75) is 24.1 Å². The van der Waals surface area contributed by atoms with Gasteiger partial charge in [-0.3, -0.25) is 4.79 Å². The number of benzene rings is 1. The first kappa shape index (κ1) is 13.1. The van der Waals surface area contributed by atoms with Crippen LogP contribution >= 0.6 is 0 Å². The van der Waals surface area contributed by atoms with Gasteiger partial charge in [0, 0.05) is 0 Å². The SMILES string of the molecule is O=C(NC1=CC(O)C2OC2C1(O)O)c1ccccc1O. The van der Waals surface area contributed by atoms with Crippen molar-refractivity contribution in [3.05, 3.63) is 41.6 Å². The molecule has 1 aliphatic heterocycles. The van der Waals surface area contributed by atoms with E-state index in [2.05, 4.69) is 5.32 Å². The third kappa shape index (κ3) is 1.97. The largest absolute Gasteiger partial charge is 0.507 e. The van der Waals surface area contributed by atoms with E-state index in [-0.39, 0.29) is 17.0 Å². The molecule has 5 N–H and O–H groups in total. The zero-order chi connectivity index (χ0) is 14.5. The molecule has 7 nitrogen and oxygen atoms in total. The summed E-state index contributed by atoms with van der Waals surface area (Å²) in [5.74, 6) is -3.32. The maximum Gasteiger partial charge on any atom is 0.259 e. The Kier molecular flexibility index (Phi) is 2.80. The van der Waals surface area contributed by atoms with Gasteiger partial charge in [0.25, 0.3) is 5.91 Å². The summed E-state index contributed by atoms with van der Waals surface area (Å²) >= 11 is 0. The lowest BCUT2D eigenvalue weighted by molar-refractivity contribution is -0.149. The van der Waals surface area contributed by atoms with Gasteiger partial charge >= 0.3 is 0 Å². The van der Waals surface area contributed by atoms with Crippen LogP contribution in [0.4, 0.5) is 0 Å². The van der Waals surface area contributed by atoms with Crippen molar-refractivity contribution in [2.75, 3.05) is 0 Å². The maximum absolute atomic E-state index is 12.0. The number of aliphatic hydroxyl groups is 3. The van der Waals surface area contributed by atoms with Gasteiger partial charge in [-0.1, -0.05) is 12.1 Å². The fourth-order valence-electron chi connectivity index (χ4n) is 2.24. The number of para-hydroxylation sites is 1. The Morgan fingerprint density at radius 1 is 1.30 bits per heavy atom. The van der Waals surface area contributed by atoms with Crippen molar-refractivity contribution < 1.29 is 30.0 Å². The first-order chi connectivity index (χ1) is 9.41. The Balaban J connectivity index is 1.84. The Hall–Kier alpha value is -1.93. The second-order valence-electron chi connectivity index (χ2n) is 4.79. The smallest absolute Gasteiger partial charge is 0.259 e. The van der Waals surface area contributed by atoms with Crippen LogP contribution in [0.1, 0.15) is 10.4 Å². The average molecular weight is 279 g/mol. The summed E-state index contributed by atoms with van der Waals surface area (Å²) in [4.78, 5) is 12.0. The number of carbonyl (C=O) groups excluding carboxylic acids is 1. The normalized spacial score (nSPS) is 30.1. The molecule has 0 bridgehead atoms. The minimum absolute atomic E-state index is 0.0162. The molecule has 3 unspecified atom stereocenters. The minimum Gasteiger partial charge on any atom is -0.507 e. The van der Waals surface area contributed by atoms with Crippen molar-refractivity contribution in [3.8, 4) is 5.75 Å². The number of carbonyl (C=O) groups is 1. The van der Waals surface area contributed by atoms with Crippen LogP contribution < -0.4 is 5.32 Å². The monoisotopic (exact) mass is 279 g/mol. The van der Waals surface area contributed by atoms with E-state index >= 15 is 0 Å². The van der Waals surface area contributed by atoms with Gasteiger partial charge in [0.05, 0.1) is 11.3 Å². The molecule has 0 spiro atoms. The van der Waals surface area contributed by atoms with E-state index in [1.54, 1.807) is 12.1 Å². The molecule has 1 aliphatic carbocycles. The summed E-state index contributed by atoms with van der Waals surface area (Å²) < 4.78 is 4.94. The van der Waals surface area contributed by atoms with E-state index in [0.29, 0.717) is 0 Å². The summed E-state index contributed by atoms with van der Waals surface area (Å²) in [5, 5.41) is 41.3. The highest BCUT2D eigenvalue weighted by molar-refractivity contribution is 5.97. The first-order valence-electron chi connectivity index (χ1n) is 6.01. The fraction of sp³-hybridized carbons (Fsp3) is 0.308. The van der Waals surface area contributed by atoms with E-state index in [4.69, 9.17) is 4.74 Å². The Bertz CT molecular complexity index is 596. The number of rotatable bonds is 2. The van der Waals surface area contributed by atoms with Gasteiger partial charge in [0.15, 0.2) is 0 Å². The molecule has 7 heteroatoms. The molecule has 2 aliphatic rings. The molecular weight excluding hydrogens is 266 g/mol. The third-order valence-corrected chi connectivity index (χ3v) is 3.39. The van der Waals surface area contributed by atoms with Crippen LogP contribution in [0.15, 0.2) is 36.0 Å². The maximum atomic E-state index is 12.0. The molecule has 106 valence electrons. The molecule has 0 saturated carbocycles. The Morgan fingerprint density at radius 2 is 2.00 bits per heavy atom. The van der Waals surface area contributed by atoms with Crippen LogP contribution in [0.2, 0.25) is 0 Å². The van der Waals surface area contributed by atoms with E-state index in [1.165, 1.54) is 12.1 Å². The summed E-state index contributed by atoms with van der Waals surface area (Å²) in [6.45, 7) is 0. The van der Waals surface area contributed by atoms with Gasteiger partial charge in [-0.05, 0) is 18.2 Å². The number of epoxide rings is 1. The molecule has 0 radical (unpaired) electrons. The number of fused-ring (bicyclic) bond motifs is 1. The van der Waals surface area contributed by atoms with Gasteiger partial charge in [-0.2, -0.15) is 0 Å². The lowest BCUT2D eigenvalue weighted by Gasteiger charge is -2.27. The predicted molar refractivity (Wildman–Crippen MR) is 65.5 cm³/mol. The number of phenols is 1. The molecule has 1 aromatic rings. The lowest BCUT2D eigenvalue weighted by Crippen LogP contribution is -2.49. The van der Waals surface area contributed by atoms with Crippen LogP contribution in [-0.2, 0) is 4.74 Å². The van der Waals surface area contributed by atoms with Crippen LogP contribution in [0, 0.1) is 0 Å². The summed E-state index contributed by atoms with van der Waals surface area (Å²) in [5.41, 5.74) is -0.283. The number of hydrogen-bond acceptors (Lipinski definition) is 6. The lowest BCUT2D eigenvalue weighted by atomic mass is 9.96. The van der Waals surface area contributed by atoms with Crippen LogP contribution in [0.25, 0.3) is 0 Å². The first-order valence-corrected chi connectivity index (χ1v) is 6.01. The molecule has 1 saturated heterocycles. The highest BCUT2D eigenvalue weighted by Crippen LogP contribution is 2.41. The summed E-state index contributed by atoms with van der Waals surface area (Å²) in [6, 6.07) is 5.84. The van der Waals surface area contributed by atoms with E-state index in [0.717, 1.165) is 6.08 Å². The molecule has 0 aromatic heterocycles. The van der Waals surface area contributed by atoms with E-state index < -0.39 is 30.0 Å². The number of aromatic hydroxyl groups is 1. The minimum atomic E-state index is -2.37. The zero-order valence-electron chi connectivity index (χ0n) is 10.2. The van der Waals surface area contributed by atoms with E-state index in [1.807, 2.05) is 0 Å². The third-order valence-electron chi connectivity index (χ3n) is 3.39. The number of nitrogens with one attached hydrogen (secondary N) is 1. The number of hydrogen-bond donors (Lipinski definition) is 5. The van der Waals surface area contributed by atoms with E-state index in [9.17, 15) is 25.2 Å². The molecule has 1 heterocycles.